The molecule has 0 aromatic heterocycles. The number of rotatable bonds is 8. The van der Waals surface area contributed by atoms with Crippen molar-refractivity contribution in [3.8, 4) is 0 Å². The maximum Gasteiger partial charge on any atom is 0.411 e. The van der Waals surface area contributed by atoms with Crippen LogP contribution in [0, 0.1) is 11.8 Å². The molecule has 1 N–H and O–H groups in total. The predicted octanol–water partition coefficient (Wildman–Crippen LogP) is 4.40. The Balaban J connectivity index is 2.87. The summed E-state index contributed by atoms with van der Waals surface area (Å²) in [6.07, 6.45) is 1.41. The van der Waals surface area contributed by atoms with Crippen molar-refractivity contribution in [3.05, 3.63) is 29.8 Å². The van der Waals surface area contributed by atoms with Crippen molar-refractivity contribution in [1.29, 1.82) is 0 Å². The van der Waals surface area contributed by atoms with Crippen LogP contribution in [0.4, 0.5) is 10.5 Å². The Morgan fingerprint density at radius 2 is 1.67 bits per heavy atom. The van der Waals surface area contributed by atoms with Gasteiger partial charge in [0.15, 0.2) is 0 Å². The number of methoxy groups -OCH3 is 1. The molecule has 1 aromatic carbocycles. The highest BCUT2D eigenvalue weighted by atomic mass is 16.5. The van der Waals surface area contributed by atoms with Crippen LogP contribution in [-0.2, 0) is 4.74 Å². The highest BCUT2D eigenvalue weighted by molar-refractivity contribution is 5.96. The second kappa shape index (κ2) is 9.96. The summed E-state index contributed by atoms with van der Waals surface area (Å²) in [6.45, 7) is 10.1. The number of benzene rings is 1. The Bertz CT molecular complexity index is 529. The molecule has 0 radical (unpaired) electrons. The summed E-state index contributed by atoms with van der Waals surface area (Å²) in [7, 11) is 1.31. The molecule has 5 heteroatoms. The maximum absolute atomic E-state index is 12.9. The second-order valence-corrected chi connectivity index (χ2v) is 6.85. The van der Waals surface area contributed by atoms with Gasteiger partial charge in [-0.1, -0.05) is 33.8 Å². The molecule has 0 fully saturated rings. The van der Waals surface area contributed by atoms with Gasteiger partial charge in [0.05, 0.1) is 7.11 Å². The fourth-order valence-corrected chi connectivity index (χ4v) is 2.22. The molecule has 0 saturated carbocycles. The Labute approximate surface area is 145 Å². The molecular weight excluding hydrogens is 304 g/mol. The molecule has 0 aliphatic carbocycles. The van der Waals surface area contributed by atoms with Crippen LogP contribution in [0.5, 0.6) is 0 Å². The predicted molar refractivity (Wildman–Crippen MR) is 97.3 cm³/mol. The minimum absolute atomic E-state index is 0.00446. The van der Waals surface area contributed by atoms with E-state index in [-0.39, 0.29) is 5.91 Å². The number of hydrogen-bond donors (Lipinski definition) is 1. The molecule has 0 bridgehead atoms. The molecule has 0 atom stereocenters. The average molecular weight is 334 g/mol. The number of hydrogen-bond acceptors (Lipinski definition) is 3. The largest absolute Gasteiger partial charge is 0.453 e. The van der Waals surface area contributed by atoms with Crippen LogP contribution in [0.15, 0.2) is 24.3 Å². The van der Waals surface area contributed by atoms with E-state index in [0.717, 1.165) is 25.9 Å². The van der Waals surface area contributed by atoms with Crippen LogP contribution in [0.3, 0.4) is 0 Å². The highest BCUT2D eigenvalue weighted by Gasteiger charge is 2.17. The number of amides is 2. The zero-order valence-electron chi connectivity index (χ0n) is 15.5. The van der Waals surface area contributed by atoms with Gasteiger partial charge in [-0.2, -0.15) is 0 Å². The minimum Gasteiger partial charge on any atom is -0.453 e. The Hall–Kier alpha value is -2.04. The minimum atomic E-state index is -0.545. The summed E-state index contributed by atoms with van der Waals surface area (Å²) >= 11 is 0. The van der Waals surface area contributed by atoms with Crippen LogP contribution < -0.4 is 5.32 Å². The number of carbonyl (C=O) groups is 2. The first-order valence-electron chi connectivity index (χ1n) is 8.57. The number of ether oxygens (including phenoxy) is 1. The van der Waals surface area contributed by atoms with Crippen molar-refractivity contribution in [2.45, 2.75) is 40.5 Å². The SMILES string of the molecule is COC(=O)Nc1cccc(C(=O)N(CCC(C)C)CCC(C)C)c1. The third-order valence-corrected chi connectivity index (χ3v) is 3.78. The van der Waals surface area contributed by atoms with Gasteiger partial charge in [0, 0.05) is 24.3 Å². The van der Waals surface area contributed by atoms with Crippen LogP contribution >= 0.6 is 0 Å². The molecule has 0 saturated heterocycles. The van der Waals surface area contributed by atoms with Crippen molar-refractivity contribution < 1.29 is 14.3 Å². The molecule has 24 heavy (non-hydrogen) atoms. The summed E-state index contributed by atoms with van der Waals surface area (Å²) in [5.41, 5.74) is 1.14. The molecule has 134 valence electrons. The zero-order chi connectivity index (χ0) is 18.1. The lowest BCUT2D eigenvalue weighted by Crippen LogP contribution is -2.34. The van der Waals surface area contributed by atoms with Crippen molar-refractivity contribution in [3.63, 3.8) is 0 Å². The summed E-state index contributed by atoms with van der Waals surface area (Å²) in [5.74, 6) is 1.10. The smallest absolute Gasteiger partial charge is 0.411 e. The van der Waals surface area contributed by atoms with E-state index in [1.165, 1.54) is 7.11 Å². The van der Waals surface area contributed by atoms with E-state index < -0.39 is 6.09 Å². The Morgan fingerprint density at radius 1 is 1.08 bits per heavy atom. The van der Waals surface area contributed by atoms with E-state index in [9.17, 15) is 9.59 Å². The number of nitrogens with one attached hydrogen (secondary N) is 1. The van der Waals surface area contributed by atoms with E-state index in [0.29, 0.717) is 23.1 Å². The van der Waals surface area contributed by atoms with Crippen molar-refractivity contribution in [2.24, 2.45) is 11.8 Å². The molecule has 0 heterocycles. The Morgan fingerprint density at radius 3 is 2.17 bits per heavy atom. The summed E-state index contributed by atoms with van der Waals surface area (Å²) in [5, 5.41) is 2.59. The fourth-order valence-electron chi connectivity index (χ4n) is 2.22. The monoisotopic (exact) mass is 334 g/mol. The standard InChI is InChI=1S/C19H30N2O3/c1-14(2)9-11-21(12-10-15(3)4)18(22)16-7-6-8-17(13-16)20-19(23)24-5/h6-8,13-15H,9-12H2,1-5H3,(H,20,23). The average Bonchev–Trinajstić information content (AvgIpc) is 2.54. The molecule has 0 spiro atoms. The van der Waals surface area contributed by atoms with Gasteiger partial charge in [-0.15, -0.1) is 0 Å². The molecular formula is C19H30N2O3. The van der Waals surface area contributed by atoms with Gasteiger partial charge in [0.25, 0.3) is 5.91 Å². The molecule has 1 rings (SSSR count). The quantitative estimate of drug-likeness (QED) is 0.766. The second-order valence-electron chi connectivity index (χ2n) is 6.85. The van der Waals surface area contributed by atoms with Crippen molar-refractivity contribution in [1.82, 2.24) is 4.90 Å². The van der Waals surface area contributed by atoms with Gasteiger partial charge in [0.2, 0.25) is 0 Å². The zero-order valence-corrected chi connectivity index (χ0v) is 15.5. The van der Waals surface area contributed by atoms with Gasteiger partial charge in [-0.25, -0.2) is 4.79 Å². The van der Waals surface area contributed by atoms with Crippen molar-refractivity contribution >= 4 is 17.7 Å². The first kappa shape index (κ1) is 20.0. The molecule has 2 amide bonds. The van der Waals surface area contributed by atoms with Crippen LogP contribution in [0.1, 0.15) is 50.9 Å². The van der Waals surface area contributed by atoms with E-state index in [2.05, 4.69) is 37.7 Å². The van der Waals surface area contributed by atoms with E-state index in [1.807, 2.05) is 4.90 Å². The Kier molecular flexibility index (Phi) is 8.30. The third-order valence-electron chi connectivity index (χ3n) is 3.78. The normalized spacial score (nSPS) is 10.8. The number of carbonyl (C=O) groups excluding carboxylic acids is 2. The number of anilines is 1. The van der Waals surface area contributed by atoms with E-state index >= 15 is 0 Å². The van der Waals surface area contributed by atoms with Gasteiger partial charge < -0.3 is 9.64 Å². The van der Waals surface area contributed by atoms with E-state index in [4.69, 9.17) is 0 Å². The van der Waals surface area contributed by atoms with Crippen molar-refractivity contribution in [2.75, 3.05) is 25.5 Å². The van der Waals surface area contributed by atoms with Crippen LogP contribution in [0.25, 0.3) is 0 Å². The molecule has 0 aliphatic heterocycles. The number of nitrogens with zero attached hydrogens (tertiary/aromatic N) is 1. The van der Waals surface area contributed by atoms with Crippen LogP contribution in [-0.4, -0.2) is 37.1 Å². The summed E-state index contributed by atoms with van der Waals surface area (Å²) < 4.78 is 4.59. The third kappa shape index (κ3) is 7.02. The molecule has 0 unspecified atom stereocenters. The van der Waals surface area contributed by atoms with Gasteiger partial charge in [-0.05, 0) is 42.9 Å². The topological polar surface area (TPSA) is 58.6 Å². The molecule has 0 aliphatic rings. The summed E-state index contributed by atoms with van der Waals surface area (Å²) in [4.78, 5) is 26.1. The first-order valence-corrected chi connectivity index (χ1v) is 8.57. The first-order chi connectivity index (χ1) is 11.3. The van der Waals surface area contributed by atoms with Gasteiger partial charge in [-0.3, -0.25) is 10.1 Å². The lowest BCUT2D eigenvalue weighted by Gasteiger charge is -2.25. The maximum atomic E-state index is 12.9. The fraction of sp³-hybridized carbons (Fsp3) is 0.579. The highest BCUT2D eigenvalue weighted by Crippen LogP contribution is 2.15. The molecule has 5 nitrogen and oxygen atoms in total. The lowest BCUT2D eigenvalue weighted by molar-refractivity contribution is 0.0740. The van der Waals surface area contributed by atoms with Gasteiger partial charge >= 0.3 is 6.09 Å². The molecule has 1 aromatic rings. The lowest BCUT2D eigenvalue weighted by atomic mass is 10.1. The summed E-state index contributed by atoms with van der Waals surface area (Å²) in [6, 6.07) is 6.97. The van der Waals surface area contributed by atoms with Crippen LogP contribution in [0.2, 0.25) is 0 Å². The van der Waals surface area contributed by atoms with E-state index in [1.54, 1.807) is 24.3 Å². The van der Waals surface area contributed by atoms with Gasteiger partial charge in [0.1, 0.15) is 0 Å².